The van der Waals surface area contributed by atoms with Gasteiger partial charge in [-0.05, 0) is 26.0 Å². The zero-order valence-corrected chi connectivity index (χ0v) is 11.3. The number of carbonyl (C=O) groups is 1. The van der Waals surface area contributed by atoms with Crippen molar-refractivity contribution in [1.29, 1.82) is 0 Å². The van der Waals surface area contributed by atoms with Gasteiger partial charge >= 0.3 is 5.97 Å². The summed E-state index contributed by atoms with van der Waals surface area (Å²) in [5.41, 5.74) is 6.81. The van der Waals surface area contributed by atoms with E-state index in [-0.39, 0.29) is 30.7 Å². The maximum Gasteiger partial charge on any atom is 0.312 e. The van der Waals surface area contributed by atoms with Gasteiger partial charge in [-0.3, -0.25) is 9.78 Å². The molecule has 2 rings (SSSR count). The van der Waals surface area contributed by atoms with Crippen molar-refractivity contribution in [2.75, 3.05) is 5.73 Å². The molecule has 1 fully saturated rings. The molecule has 1 saturated heterocycles. The summed E-state index contributed by atoms with van der Waals surface area (Å²) < 4.78 is 11.1. The SMILES string of the molecule is CC1CC(OC(=O)Cc2ccc(N)cn2)CC(C)O1. The number of ether oxygens (including phenoxy) is 2. The Morgan fingerprint density at radius 1 is 1.42 bits per heavy atom. The molecule has 2 unspecified atom stereocenters. The molecule has 0 bridgehead atoms. The van der Waals surface area contributed by atoms with Crippen LogP contribution >= 0.6 is 0 Å². The van der Waals surface area contributed by atoms with Gasteiger partial charge in [0.1, 0.15) is 6.10 Å². The molecule has 2 atom stereocenters. The summed E-state index contributed by atoms with van der Waals surface area (Å²) in [6.07, 6.45) is 3.45. The minimum Gasteiger partial charge on any atom is -0.462 e. The number of esters is 1. The Morgan fingerprint density at radius 2 is 2.11 bits per heavy atom. The highest BCUT2D eigenvalue weighted by atomic mass is 16.6. The fourth-order valence-electron chi connectivity index (χ4n) is 2.36. The van der Waals surface area contributed by atoms with Crippen LogP contribution in [-0.2, 0) is 20.7 Å². The molecular weight excluding hydrogens is 244 g/mol. The van der Waals surface area contributed by atoms with Crippen LogP contribution in [0.4, 0.5) is 5.69 Å². The number of hydrogen-bond donors (Lipinski definition) is 1. The smallest absolute Gasteiger partial charge is 0.312 e. The standard InChI is InChI=1S/C14H20N2O3/c1-9-5-13(6-10(2)18-9)19-14(17)7-12-4-3-11(15)8-16-12/h3-4,8-10,13H,5-7,15H2,1-2H3. The normalized spacial score (nSPS) is 26.9. The predicted octanol–water partition coefficient (Wildman–Crippen LogP) is 1.71. The number of hydrogen-bond acceptors (Lipinski definition) is 5. The minimum atomic E-state index is -0.247. The topological polar surface area (TPSA) is 74.4 Å². The molecule has 0 amide bonds. The molecule has 2 heterocycles. The van der Waals surface area contributed by atoms with Gasteiger partial charge in [-0.15, -0.1) is 0 Å². The summed E-state index contributed by atoms with van der Waals surface area (Å²) in [5.74, 6) is -0.247. The summed E-state index contributed by atoms with van der Waals surface area (Å²) in [6.45, 7) is 4.00. The number of carbonyl (C=O) groups excluding carboxylic acids is 1. The Kier molecular flexibility index (Phi) is 4.37. The van der Waals surface area contributed by atoms with Gasteiger partial charge in [-0.2, -0.15) is 0 Å². The van der Waals surface area contributed by atoms with Crippen LogP contribution in [0.2, 0.25) is 0 Å². The molecule has 5 nitrogen and oxygen atoms in total. The second kappa shape index (κ2) is 6.02. The van der Waals surface area contributed by atoms with E-state index in [1.54, 1.807) is 18.3 Å². The molecule has 1 aromatic rings. The quantitative estimate of drug-likeness (QED) is 0.841. The number of nitrogen functional groups attached to an aromatic ring is 1. The van der Waals surface area contributed by atoms with E-state index in [1.165, 1.54) is 0 Å². The van der Waals surface area contributed by atoms with Crippen molar-refractivity contribution in [2.24, 2.45) is 0 Å². The first-order valence-electron chi connectivity index (χ1n) is 6.58. The van der Waals surface area contributed by atoms with E-state index in [9.17, 15) is 4.79 Å². The lowest BCUT2D eigenvalue weighted by molar-refractivity contribution is -0.158. The van der Waals surface area contributed by atoms with Crippen molar-refractivity contribution in [1.82, 2.24) is 4.98 Å². The fraction of sp³-hybridized carbons (Fsp3) is 0.571. The van der Waals surface area contributed by atoms with E-state index in [4.69, 9.17) is 15.2 Å². The maximum atomic E-state index is 11.8. The van der Waals surface area contributed by atoms with Crippen molar-refractivity contribution in [3.8, 4) is 0 Å². The van der Waals surface area contributed by atoms with E-state index >= 15 is 0 Å². The molecule has 104 valence electrons. The Morgan fingerprint density at radius 3 is 2.68 bits per heavy atom. The Labute approximate surface area is 113 Å². The number of pyridine rings is 1. The van der Waals surface area contributed by atoms with E-state index in [1.807, 2.05) is 13.8 Å². The zero-order valence-electron chi connectivity index (χ0n) is 11.3. The van der Waals surface area contributed by atoms with Crippen LogP contribution in [0.1, 0.15) is 32.4 Å². The molecular formula is C14H20N2O3. The summed E-state index contributed by atoms with van der Waals surface area (Å²) in [5, 5.41) is 0. The Bertz CT molecular complexity index is 423. The first-order valence-corrected chi connectivity index (χ1v) is 6.58. The van der Waals surface area contributed by atoms with Gasteiger partial charge in [0, 0.05) is 12.8 Å². The number of anilines is 1. The first-order chi connectivity index (χ1) is 9.02. The Balaban J connectivity index is 1.85. The van der Waals surface area contributed by atoms with Crippen molar-refractivity contribution < 1.29 is 14.3 Å². The van der Waals surface area contributed by atoms with Gasteiger partial charge < -0.3 is 15.2 Å². The monoisotopic (exact) mass is 264 g/mol. The van der Waals surface area contributed by atoms with Crippen LogP contribution in [0.3, 0.4) is 0 Å². The fourth-order valence-corrected chi connectivity index (χ4v) is 2.36. The van der Waals surface area contributed by atoms with Crippen LogP contribution in [0, 0.1) is 0 Å². The third-order valence-corrected chi connectivity index (χ3v) is 3.13. The third kappa shape index (κ3) is 4.21. The minimum absolute atomic E-state index is 0.0555. The van der Waals surface area contributed by atoms with Crippen LogP contribution in [0.25, 0.3) is 0 Å². The van der Waals surface area contributed by atoms with E-state index in [0.717, 1.165) is 12.8 Å². The predicted molar refractivity (Wildman–Crippen MR) is 71.5 cm³/mol. The average Bonchev–Trinajstić information content (AvgIpc) is 2.30. The third-order valence-electron chi connectivity index (χ3n) is 3.13. The molecule has 0 aliphatic carbocycles. The lowest BCUT2D eigenvalue weighted by Crippen LogP contribution is -2.35. The number of nitrogens with two attached hydrogens (primary N) is 1. The van der Waals surface area contributed by atoms with Gasteiger partial charge in [0.25, 0.3) is 0 Å². The van der Waals surface area contributed by atoms with E-state index in [2.05, 4.69) is 4.98 Å². The maximum absolute atomic E-state index is 11.8. The highest BCUT2D eigenvalue weighted by Crippen LogP contribution is 2.22. The highest BCUT2D eigenvalue weighted by molar-refractivity contribution is 5.72. The number of nitrogens with zero attached hydrogens (tertiary/aromatic N) is 1. The van der Waals surface area contributed by atoms with Crippen molar-refractivity contribution in [2.45, 2.75) is 51.4 Å². The van der Waals surface area contributed by atoms with Crippen molar-refractivity contribution >= 4 is 11.7 Å². The molecule has 1 aliphatic rings. The second-order valence-corrected chi connectivity index (χ2v) is 5.10. The lowest BCUT2D eigenvalue weighted by Gasteiger charge is -2.31. The van der Waals surface area contributed by atoms with E-state index in [0.29, 0.717) is 11.4 Å². The molecule has 19 heavy (non-hydrogen) atoms. The van der Waals surface area contributed by atoms with Crippen LogP contribution in [-0.4, -0.2) is 29.3 Å². The molecule has 1 aliphatic heterocycles. The lowest BCUT2D eigenvalue weighted by atomic mass is 10.0. The molecule has 0 saturated carbocycles. The summed E-state index contributed by atoms with van der Waals surface area (Å²) in [7, 11) is 0. The zero-order chi connectivity index (χ0) is 13.8. The molecule has 1 aromatic heterocycles. The highest BCUT2D eigenvalue weighted by Gasteiger charge is 2.27. The molecule has 0 aromatic carbocycles. The van der Waals surface area contributed by atoms with Gasteiger partial charge in [-0.1, -0.05) is 0 Å². The second-order valence-electron chi connectivity index (χ2n) is 5.10. The molecule has 0 spiro atoms. The summed E-state index contributed by atoms with van der Waals surface area (Å²) in [4.78, 5) is 15.9. The van der Waals surface area contributed by atoms with Gasteiger partial charge in [0.15, 0.2) is 0 Å². The number of aromatic nitrogens is 1. The first kappa shape index (κ1) is 13.8. The van der Waals surface area contributed by atoms with Crippen LogP contribution < -0.4 is 5.73 Å². The van der Waals surface area contributed by atoms with Gasteiger partial charge in [0.05, 0.1) is 36.2 Å². The molecule has 0 radical (unpaired) electrons. The summed E-state index contributed by atoms with van der Waals surface area (Å²) in [6, 6.07) is 3.47. The largest absolute Gasteiger partial charge is 0.462 e. The average molecular weight is 264 g/mol. The number of rotatable bonds is 3. The van der Waals surface area contributed by atoms with Crippen molar-refractivity contribution in [3.05, 3.63) is 24.0 Å². The Hall–Kier alpha value is -1.62. The van der Waals surface area contributed by atoms with Crippen LogP contribution in [0.15, 0.2) is 18.3 Å². The van der Waals surface area contributed by atoms with Crippen molar-refractivity contribution in [3.63, 3.8) is 0 Å². The molecule has 5 heteroatoms. The van der Waals surface area contributed by atoms with Gasteiger partial charge in [-0.25, -0.2) is 0 Å². The molecule has 2 N–H and O–H groups in total. The van der Waals surface area contributed by atoms with Gasteiger partial charge in [0.2, 0.25) is 0 Å². The summed E-state index contributed by atoms with van der Waals surface area (Å²) >= 11 is 0. The van der Waals surface area contributed by atoms with E-state index < -0.39 is 0 Å². The van der Waals surface area contributed by atoms with Crippen LogP contribution in [0.5, 0.6) is 0 Å².